The largest absolute Gasteiger partial charge is 0.508 e. The van der Waals surface area contributed by atoms with E-state index in [1.165, 1.54) is 12.1 Å². The molecule has 1 aliphatic carbocycles. The van der Waals surface area contributed by atoms with E-state index in [1.54, 1.807) is 30.3 Å². The smallest absolute Gasteiger partial charge is 0.235 e. The van der Waals surface area contributed by atoms with E-state index in [0.717, 1.165) is 30.4 Å². The van der Waals surface area contributed by atoms with Crippen molar-refractivity contribution in [2.45, 2.75) is 31.6 Å². The summed E-state index contributed by atoms with van der Waals surface area (Å²) in [6, 6.07) is 11.0. The Bertz CT molecular complexity index is 706. The highest BCUT2D eigenvalue weighted by atomic mass is 19.1. The number of carbonyl (C=O) groups excluding carboxylic acids is 1. The van der Waals surface area contributed by atoms with Crippen molar-refractivity contribution < 1.29 is 14.3 Å². The molecule has 2 aromatic carbocycles. The molecule has 1 aliphatic rings. The number of anilines is 1. The lowest BCUT2D eigenvalue weighted by Crippen LogP contribution is -2.46. The van der Waals surface area contributed by atoms with Crippen molar-refractivity contribution in [2.75, 3.05) is 5.32 Å². The van der Waals surface area contributed by atoms with Crippen molar-refractivity contribution in [1.82, 2.24) is 0 Å². The summed E-state index contributed by atoms with van der Waals surface area (Å²) in [6.45, 7) is 1.83. The van der Waals surface area contributed by atoms with Gasteiger partial charge in [0.05, 0.1) is 5.41 Å². The normalized spacial score (nSPS) is 15.9. The van der Waals surface area contributed by atoms with E-state index in [1.807, 2.05) is 6.92 Å². The van der Waals surface area contributed by atoms with Crippen LogP contribution in [0, 0.1) is 12.7 Å². The summed E-state index contributed by atoms with van der Waals surface area (Å²) in [6.07, 6.45) is 2.52. The van der Waals surface area contributed by atoms with Crippen LogP contribution in [0.3, 0.4) is 0 Å². The van der Waals surface area contributed by atoms with Crippen molar-refractivity contribution in [3.8, 4) is 5.75 Å². The summed E-state index contributed by atoms with van der Waals surface area (Å²) in [5.41, 5.74) is 1.78. The van der Waals surface area contributed by atoms with Crippen molar-refractivity contribution in [3.05, 3.63) is 59.4 Å². The number of rotatable bonds is 3. The van der Waals surface area contributed by atoms with Crippen LogP contribution >= 0.6 is 0 Å². The number of hydrogen-bond acceptors (Lipinski definition) is 2. The average Bonchev–Trinajstić information content (AvgIpc) is 2.43. The summed E-state index contributed by atoms with van der Waals surface area (Å²) >= 11 is 0. The fraction of sp³-hybridized carbons (Fsp3) is 0.278. The molecule has 22 heavy (non-hydrogen) atoms. The van der Waals surface area contributed by atoms with Gasteiger partial charge in [-0.25, -0.2) is 4.39 Å². The van der Waals surface area contributed by atoms with E-state index < -0.39 is 5.41 Å². The summed E-state index contributed by atoms with van der Waals surface area (Å²) in [7, 11) is 0. The topological polar surface area (TPSA) is 49.3 Å². The number of halogens is 1. The zero-order chi connectivity index (χ0) is 15.7. The van der Waals surface area contributed by atoms with Crippen LogP contribution in [0.15, 0.2) is 42.5 Å². The molecule has 0 aliphatic heterocycles. The fourth-order valence-corrected chi connectivity index (χ4v) is 2.98. The Kier molecular flexibility index (Phi) is 3.61. The number of nitrogens with one attached hydrogen (secondary N) is 1. The highest BCUT2D eigenvalue weighted by Gasteiger charge is 2.45. The van der Waals surface area contributed by atoms with Crippen molar-refractivity contribution in [2.24, 2.45) is 0 Å². The van der Waals surface area contributed by atoms with Gasteiger partial charge >= 0.3 is 0 Å². The van der Waals surface area contributed by atoms with E-state index in [4.69, 9.17) is 0 Å². The summed E-state index contributed by atoms with van der Waals surface area (Å²) in [5, 5.41) is 12.4. The summed E-state index contributed by atoms with van der Waals surface area (Å²) in [4.78, 5) is 12.8. The van der Waals surface area contributed by atoms with Crippen LogP contribution < -0.4 is 5.32 Å². The average molecular weight is 299 g/mol. The zero-order valence-electron chi connectivity index (χ0n) is 12.4. The van der Waals surface area contributed by atoms with E-state index in [9.17, 15) is 14.3 Å². The van der Waals surface area contributed by atoms with Gasteiger partial charge in [0, 0.05) is 5.69 Å². The van der Waals surface area contributed by atoms with Gasteiger partial charge in [0.15, 0.2) is 0 Å². The molecular weight excluding hydrogens is 281 g/mol. The molecule has 0 unspecified atom stereocenters. The molecule has 3 nitrogen and oxygen atoms in total. The lowest BCUT2D eigenvalue weighted by molar-refractivity contribution is -0.124. The first-order valence-corrected chi connectivity index (χ1v) is 7.38. The first kappa shape index (κ1) is 14.6. The van der Waals surface area contributed by atoms with E-state index in [2.05, 4.69) is 5.32 Å². The van der Waals surface area contributed by atoms with Gasteiger partial charge in [-0.3, -0.25) is 4.79 Å². The highest BCUT2D eigenvalue weighted by molar-refractivity contribution is 6.00. The van der Waals surface area contributed by atoms with Crippen LogP contribution in [0.4, 0.5) is 10.1 Å². The Labute approximate surface area is 128 Å². The number of hydrogen-bond donors (Lipinski definition) is 2. The molecule has 0 radical (unpaired) electrons. The molecule has 0 aromatic heterocycles. The molecule has 1 fully saturated rings. The minimum absolute atomic E-state index is 0.0702. The Hall–Kier alpha value is -2.36. The highest BCUT2D eigenvalue weighted by Crippen LogP contribution is 2.44. The van der Waals surface area contributed by atoms with Gasteiger partial charge in [0.2, 0.25) is 5.91 Å². The number of phenolic OH excluding ortho intramolecular Hbond substituents is 1. The first-order valence-electron chi connectivity index (χ1n) is 7.38. The molecule has 1 amide bonds. The molecule has 0 atom stereocenters. The second-order valence-electron chi connectivity index (χ2n) is 5.90. The maximum atomic E-state index is 13.1. The molecule has 2 aromatic rings. The third-order valence-electron chi connectivity index (χ3n) is 4.50. The molecule has 114 valence electrons. The van der Waals surface area contributed by atoms with Crippen LogP contribution in [-0.4, -0.2) is 11.0 Å². The molecule has 4 heteroatoms. The minimum Gasteiger partial charge on any atom is -0.508 e. The van der Waals surface area contributed by atoms with Crippen LogP contribution in [-0.2, 0) is 10.2 Å². The number of aromatic hydroxyl groups is 1. The van der Waals surface area contributed by atoms with Gasteiger partial charge in [-0.15, -0.1) is 0 Å². The number of phenols is 1. The Balaban J connectivity index is 1.87. The molecule has 1 saturated carbocycles. The molecular formula is C18H18FNO2. The third kappa shape index (κ3) is 2.45. The molecule has 3 rings (SSSR count). The van der Waals surface area contributed by atoms with Gasteiger partial charge in [-0.05, 0) is 61.2 Å². The van der Waals surface area contributed by atoms with E-state index in [0.29, 0.717) is 5.69 Å². The second kappa shape index (κ2) is 5.44. The van der Waals surface area contributed by atoms with Crippen LogP contribution in [0.2, 0.25) is 0 Å². The van der Waals surface area contributed by atoms with Gasteiger partial charge in [0.1, 0.15) is 11.6 Å². The molecule has 0 heterocycles. The Morgan fingerprint density at radius 1 is 1.18 bits per heavy atom. The number of carbonyl (C=O) groups is 1. The van der Waals surface area contributed by atoms with Crippen LogP contribution in [0.1, 0.15) is 30.4 Å². The number of benzene rings is 2. The number of aryl methyl sites for hydroxylation is 1. The standard InChI is InChI=1S/C18H18FNO2/c1-12-11-15(21)7-8-16(12)20-17(22)18(9-2-10-18)13-3-5-14(19)6-4-13/h3-8,11,21H,2,9-10H2,1H3,(H,20,22). The number of amides is 1. The molecule has 0 bridgehead atoms. The zero-order valence-corrected chi connectivity index (χ0v) is 12.4. The van der Waals surface area contributed by atoms with Crippen LogP contribution in [0.25, 0.3) is 0 Å². The quantitative estimate of drug-likeness (QED) is 0.844. The monoisotopic (exact) mass is 299 g/mol. The van der Waals surface area contributed by atoms with E-state index in [-0.39, 0.29) is 17.5 Å². The van der Waals surface area contributed by atoms with Crippen molar-refractivity contribution >= 4 is 11.6 Å². The molecule has 0 spiro atoms. The minimum atomic E-state index is -0.571. The lowest BCUT2D eigenvalue weighted by Gasteiger charge is -2.40. The Morgan fingerprint density at radius 2 is 1.86 bits per heavy atom. The predicted octanol–water partition coefficient (Wildman–Crippen LogP) is 3.90. The van der Waals surface area contributed by atoms with Crippen molar-refractivity contribution in [1.29, 1.82) is 0 Å². The SMILES string of the molecule is Cc1cc(O)ccc1NC(=O)C1(c2ccc(F)cc2)CCC1. The summed E-state index contributed by atoms with van der Waals surface area (Å²) < 4.78 is 13.1. The molecule has 2 N–H and O–H groups in total. The Morgan fingerprint density at radius 3 is 2.41 bits per heavy atom. The summed E-state index contributed by atoms with van der Waals surface area (Å²) in [5.74, 6) is -0.195. The van der Waals surface area contributed by atoms with Gasteiger partial charge in [-0.1, -0.05) is 18.6 Å². The lowest BCUT2D eigenvalue weighted by atomic mass is 9.63. The van der Waals surface area contributed by atoms with Gasteiger partial charge in [-0.2, -0.15) is 0 Å². The predicted molar refractivity (Wildman–Crippen MR) is 83.4 cm³/mol. The maximum absolute atomic E-state index is 13.1. The third-order valence-corrected chi connectivity index (χ3v) is 4.50. The van der Waals surface area contributed by atoms with Gasteiger partial charge in [0.25, 0.3) is 0 Å². The van der Waals surface area contributed by atoms with Gasteiger partial charge < -0.3 is 10.4 Å². The molecule has 0 saturated heterocycles. The first-order chi connectivity index (χ1) is 10.5. The second-order valence-corrected chi connectivity index (χ2v) is 5.90. The van der Waals surface area contributed by atoms with Crippen LogP contribution in [0.5, 0.6) is 5.75 Å². The van der Waals surface area contributed by atoms with E-state index >= 15 is 0 Å². The van der Waals surface area contributed by atoms with Crippen molar-refractivity contribution in [3.63, 3.8) is 0 Å². The maximum Gasteiger partial charge on any atom is 0.235 e. The fourth-order valence-electron chi connectivity index (χ4n) is 2.98.